The molecule has 9 heteroatoms. The molecule has 3 aromatic rings. The fourth-order valence-corrected chi connectivity index (χ4v) is 3.98. The minimum atomic E-state index is -1.46. The van der Waals surface area contributed by atoms with E-state index < -0.39 is 18.2 Å². The Balaban J connectivity index is 1.44. The summed E-state index contributed by atoms with van der Waals surface area (Å²) in [5, 5.41) is 17.6. The molecule has 1 N–H and O–H groups in total. The van der Waals surface area contributed by atoms with Crippen molar-refractivity contribution in [3.8, 4) is 0 Å². The Labute approximate surface area is 191 Å². The molecule has 8 nitrogen and oxygen atoms in total. The number of aliphatic hydroxyl groups excluding tert-OH is 1. The van der Waals surface area contributed by atoms with Crippen LogP contribution in [0, 0.1) is 0 Å². The van der Waals surface area contributed by atoms with Gasteiger partial charge in [0.25, 0.3) is 5.91 Å². The smallest absolute Gasteiger partial charge is 0.254 e. The van der Waals surface area contributed by atoms with Crippen molar-refractivity contribution in [1.29, 1.82) is 0 Å². The average molecular weight is 452 g/mol. The minimum absolute atomic E-state index is 0.0646. The van der Waals surface area contributed by atoms with Crippen LogP contribution in [0.25, 0.3) is 0 Å². The van der Waals surface area contributed by atoms with Crippen LogP contribution in [-0.4, -0.2) is 66.8 Å². The molecule has 1 aromatic carbocycles. The largest absolute Gasteiger partial charge is 0.388 e. The zero-order valence-corrected chi connectivity index (χ0v) is 18.6. The molecule has 0 aliphatic carbocycles. The monoisotopic (exact) mass is 451 g/mol. The number of carbonyl (C=O) groups excluding carboxylic acids is 2. The van der Waals surface area contributed by atoms with Gasteiger partial charge < -0.3 is 14.6 Å². The molecule has 1 saturated heterocycles. The van der Waals surface area contributed by atoms with Crippen molar-refractivity contribution in [2.75, 3.05) is 13.1 Å². The number of aryl methyl sites for hydroxylation is 1. The van der Waals surface area contributed by atoms with Crippen molar-refractivity contribution in [2.45, 2.75) is 38.0 Å². The summed E-state index contributed by atoms with van der Waals surface area (Å²) in [4.78, 5) is 30.9. The Hall–Kier alpha value is -3.46. The summed E-state index contributed by atoms with van der Waals surface area (Å²) < 4.78 is 15.5. The van der Waals surface area contributed by atoms with Gasteiger partial charge in [0.1, 0.15) is 30.1 Å². The summed E-state index contributed by atoms with van der Waals surface area (Å²) in [5.41, 5.74) is 2.37. The van der Waals surface area contributed by atoms with E-state index in [0.717, 1.165) is 23.4 Å². The summed E-state index contributed by atoms with van der Waals surface area (Å²) in [5.74, 6) is 0.439. The van der Waals surface area contributed by atoms with E-state index in [2.05, 4.69) is 22.1 Å². The normalized spacial score (nSPS) is 19.0. The van der Waals surface area contributed by atoms with Crippen LogP contribution in [0.1, 0.15) is 50.6 Å². The lowest BCUT2D eigenvalue weighted by atomic mass is 9.94. The fraction of sp³-hybridized carbons (Fsp3) is 0.375. The number of rotatable bonds is 7. The number of pyridine rings is 1. The van der Waals surface area contributed by atoms with Gasteiger partial charge in [0.05, 0.1) is 6.54 Å². The van der Waals surface area contributed by atoms with Gasteiger partial charge in [-0.1, -0.05) is 31.2 Å². The maximum atomic E-state index is 13.6. The molecular weight excluding hydrogens is 425 g/mol. The Morgan fingerprint density at radius 2 is 2.06 bits per heavy atom. The van der Waals surface area contributed by atoms with Crippen LogP contribution < -0.4 is 0 Å². The van der Waals surface area contributed by atoms with E-state index in [1.807, 2.05) is 35.9 Å². The van der Waals surface area contributed by atoms with Crippen molar-refractivity contribution in [3.63, 3.8) is 0 Å². The Morgan fingerprint density at radius 3 is 2.76 bits per heavy atom. The molecule has 1 aliphatic rings. The standard InChI is InChI=1S/C24H26FN5O3/c1-15(8-23-28-27-14-29(23)2)17-5-3-4-16(9-17)10-21(31)20-11-18(6-7-26-20)24(33)30-12-19(25)22(32)13-30/h3-7,9,11,14-15,19,22,32H,8,10,12-13H2,1-2H3/t15-,19+,22+/m1/s1. The van der Waals surface area contributed by atoms with Gasteiger partial charge in [-0.05, 0) is 29.2 Å². The first-order valence-corrected chi connectivity index (χ1v) is 10.8. The van der Waals surface area contributed by atoms with Gasteiger partial charge >= 0.3 is 0 Å². The van der Waals surface area contributed by atoms with E-state index in [9.17, 15) is 19.1 Å². The number of halogens is 1. The molecule has 0 unspecified atom stereocenters. The number of benzene rings is 1. The van der Waals surface area contributed by atoms with Gasteiger partial charge in [0.15, 0.2) is 5.78 Å². The van der Waals surface area contributed by atoms with Crippen molar-refractivity contribution in [3.05, 3.63) is 77.1 Å². The summed E-state index contributed by atoms with van der Waals surface area (Å²) in [6, 6.07) is 10.8. The topological polar surface area (TPSA) is 101 Å². The molecule has 0 radical (unpaired) electrons. The van der Waals surface area contributed by atoms with Crippen LogP contribution in [0.2, 0.25) is 0 Å². The predicted molar refractivity (Wildman–Crippen MR) is 119 cm³/mol. The third-order valence-corrected chi connectivity index (χ3v) is 5.98. The van der Waals surface area contributed by atoms with Crippen LogP contribution in [0.3, 0.4) is 0 Å². The number of ketones is 1. The Kier molecular flexibility index (Phi) is 6.60. The number of β-amino-alcohol motifs (C(OH)–C–C–N with tert-alkyl or cyclic N) is 1. The molecule has 0 saturated carbocycles. The van der Waals surface area contributed by atoms with Crippen molar-refractivity contribution < 1.29 is 19.1 Å². The van der Waals surface area contributed by atoms with E-state index in [1.54, 1.807) is 6.33 Å². The number of aromatic nitrogens is 4. The average Bonchev–Trinajstić information content (AvgIpc) is 3.37. The first kappa shape index (κ1) is 22.7. The lowest BCUT2D eigenvalue weighted by Gasteiger charge is -2.15. The maximum absolute atomic E-state index is 13.6. The lowest BCUT2D eigenvalue weighted by molar-refractivity contribution is 0.0764. The second-order valence-electron chi connectivity index (χ2n) is 8.53. The van der Waals surface area contributed by atoms with Crippen LogP contribution in [0.5, 0.6) is 0 Å². The van der Waals surface area contributed by atoms with Gasteiger partial charge in [-0.2, -0.15) is 0 Å². The summed E-state index contributed by atoms with van der Waals surface area (Å²) >= 11 is 0. The molecule has 1 aliphatic heterocycles. The highest BCUT2D eigenvalue weighted by atomic mass is 19.1. The molecule has 1 amide bonds. The van der Waals surface area contributed by atoms with Crippen LogP contribution >= 0.6 is 0 Å². The van der Waals surface area contributed by atoms with Gasteiger partial charge in [0.2, 0.25) is 0 Å². The second kappa shape index (κ2) is 9.58. The lowest BCUT2D eigenvalue weighted by Crippen LogP contribution is -2.29. The second-order valence-corrected chi connectivity index (χ2v) is 8.53. The first-order valence-electron chi connectivity index (χ1n) is 10.8. The van der Waals surface area contributed by atoms with E-state index in [4.69, 9.17) is 0 Å². The fourth-order valence-electron chi connectivity index (χ4n) is 3.98. The maximum Gasteiger partial charge on any atom is 0.254 e. The molecule has 3 heterocycles. The number of likely N-dealkylation sites (tertiary alicyclic amines) is 1. The Bertz CT molecular complexity index is 1150. The third kappa shape index (κ3) is 5.14. The van der Waals surface area contributed by atoms with Crippen molar-refractivity contribution in [2.24, 2.45) is 7.05 Å². The number of amides is 1. The zero-order valence-electron chi connectivity index (χ0n) is 18.6. The molecule has 33 heavy (non-hydrogen) atoms. The highest BCUT2D eigenvalue weighted by molar-refractivity contribution is 6.00. The predicted octanol–water partition coefficient (Wildman–Crippen LogP) is 2.14. The van der Waals surface area contributed by atoms with Gasteiger partial charge in [-0.15, -0.1) is 10.2 Å². The molecule has 2 aromatic heterocycles. The van der Waals surface area contributed by atoms with Crippen LogP contribution in [-0.2, 0) is 19.9 Å². The number of alkyl halides is 1. The number of hydrogen-bond acceptors (Lipinski definition) is 6. The molecule has 0 bridgehead atoms. The quantitative estimate of drug-likeness (QED) is 0.553. The molecule has 4 rings (SSSR count). The molecule has 172 valence electrons. The van der Waals surface area contributed by atoms with Crippen LogP contribution in [0.15, 0.2) is 48.9 Å². The van der Waals surface area contributed by atoms with E-state index in [-0.39, 0.29) is 42.5 Å². The highest BCUT2D eigenvalue weighted by Gasteiger charge is 2.34. The van der Waals surface area contributed by atoms with Gasteiger partial charge in [-0.25, -0.2) is 4.39 Å². The van der Waals surface area contributed by atoms with E-state index >= 15 is 0 Å². The number of aliphatic hydroxyl groups is 1. The van der Waals surface area contributed by atoms with Gasteiger partial charge in [-0.3, -0.25) is 14.6 Å². The van der Waals surface area contributed by atoms with Crippen molar-refractivity contribution >= 4 is 11.7 Å². The number of hydrogen-bond donors (Lipinski definition) is 1. The summed E-state index contributed by atoms with van der Waals surface area (Å²) in [7, 11) is 1.91. The number of Topliss-reactive ketones (excluding diaryl/α,β-unsaturated/α-hetero) is 1. The van der Waals surface area contributed by atoms with Crippen molar-refractivity contribution in [1.82, 2.24) is 24.6 Å². The Morgan fingerprint density at radius 1 is 1.24 bits per heavy atom. The SMILES string of the molecule is C[C@H](Cc1nncn1C)c1cccc(CC(=O)c2cc(C(=O)N3C[C@H](O)[C@@H](F)C3)ccn2)c1. The molecular formula is C24H26FN5O3. The minimum Gasteiger partial charge on any atom is -0.388 e. The number of carbonyl (C=O) groups is 2. The first-order chi connectivity index (χ1) is 15.8. The van der Waals surface area contributed by atoms with Gasteiger partial charge in [0, 0.05) is 38.2 Å². The highest BCUT2D eigenvalue weighted by Crippen LogP contribution is 2.22. The van der Waals surface area contributed by atoms with E-state index in [0.29, 0.717) is 0 Å². The zero-order chi connectivity index (χ0) is 23.5. The van der Waals surface area contributed by atoms with E-state index in [1.165, 1.54) is 23.2 Å². The molecule has 1 fully saturated rings. The number of nitrogens with zero attached hydrogens (tertiary/aromatic N) is 5. The third-order valence-electron chi connectivity index (χ3n) is 5.98. The summed E-state index contributed by atoms with van der Waals surface area (Å²) in [6.07, 6.45) is 1.30. The summed E-state index contributed by atoms with van der Waals surface area (Å²) in [6.45, 7) is 1.87. The molecule has 3 atom stereocenters. The molecule has 0 spiro atoms. The van der Waals surface area contributed by atoms with Crippen LogP contribution in [0.4, 0.5) is 4.39 Å².